The first-order valence-corrected chi connectivity index (χ1v) is 6.58. The van der Waals surface area contributed by atoms with Crippen LogP contribution in [0.4, 0.5) is 0 Å². The van der Waals surface area contributed by atoms with E-state index in [-0.39, 0.29) is 11.1 Å². The number of H-pyrrole nitrogens is 1. The van der Waals surface area contributed by atoms with Gasteiger partial charge < -0.3 is 15.2 Å². The van der Waals surface area contributed by atoms with Crippen LogP contribution in [0.5, 0.6) is 0 Å². The van der Waals surface area contributed by atoms with Gasteiger partial charge in [-0.15, -0.1) is 0 Å². The van der Waals surface area contributed by atoms with Crippen LogP contribution in [0.2, 0.25) is 0 Å². The second kappa shape index (κ2) is 5.66. The summed E-state index contributed by atoms with van der Waals surface area (Å²) in [7, 11) is 0. The van der Waals surface area contributed by atoms with Gasteiger partial charge in [0.1, 0.15) is 0 Å². The Labute approximate surface area is 120 Å². The normalized spacial score (nSPS) is 10.2. The van der Waals surface area contributed by atoms with Crippen molar-refractivity contribution in [3.8, 4) is 0 Å². The summed E-state index contributed by atoms with van der Waals surface area (Å²) < 4.78 is 0. The van der Waals surface area contributed by atoms with Crippen molar-refractivity contribution in [1.82, 2.24) is 4.98 Å². The van der Waals surface area contributed by atoms with Crippen LogP contribution in [-0.2, 0) is 0 Å². The van der Waals surface area contributed by atoms with Crippen molar-refractivity contribution in [2.45, 2.75) is 13.8 Å². The SMILES string of the molecule is CC.O=C(O)c1ccc2[nH]c3ccc(C(=O)O)cc3c2c1. The van der Waals surface area contributed by atoms with E-state index in [0.717, 1.165) is 11.0 Å². The van der Waals surface area contributed by atoms with Gasteiger partial charge in [0.2, 0.25) is 0 Å². The summed E-state index contributed by atoms with van der Waals surface area (Å²) >= 11 is 0. The zero-order chi connectivity index (χ0) is 15.6. The lowest BCUT2D eigenvalue weighted by molar-refractivity contribution is 0.0686. The topological polar surface area (TPSA) is 90.4 Å². The molecule has 21 heavy (non-hydrogen) atoms. The van der Waals surface area contributed by atoms with Gasteiger partial charge in [-0.2, -0.15) is 0 Å². The van der Waals surface area contributed by atoms with E-state index in [1.165, 1.54) is 12.1 Å². The van der Waals surface area contributed by atoms with Crippen LogP contribution in [0.25, 0.3) is 21.8 Å². The van der Waals surface area contributed by atoms with Gasteiger partial charge in [-0.05, 0) is 36.4 Å². The fraction of sp³-hybridized carbons (Fsp3) is 0.125. The molecule has 0 saturated carbocycles. The summed E-state index contributed by atoms with van der Waals surface area (Å²) in [6.07, 6.45) is 0. The molecule has 5 heteroatoms. The molecule has 0 bridgehead atoms. The Balaban J connectivity index is 0.000000774. The van der Waals surface area contributed by atoms with E-state index < -0.39 is 11.9 Å². The average molecular weight is 285 g/mol. The fourth-order valence-corrected chi connectivity index (χ4v) is 2.16. The smallest absolute Gasteiger partial charge is 0.335 e. The maximum Gasteiger partial charge on any atom is 0.335 e. The van der Waals surface area contributed by atoms with E-state index in [4.69, 9.17) is 10.2 Å². The highest BCUT2D eigenvalue weighted by Crippen LogP contribution is 2.27. The van der Waals surface area contributed by atoms with Gasteiger partial charge >= 0.3 is 11.9 Å². The minimum atomic E-state index is -1.01. The molecule has 0 radical (unpaired) electrons. The molecule has 0 aliphatic carbocycles. The Hall–Kier alpha value is -2.82. The van der Waals surface area contributed by atoms with Crippen molar-refractivity contribution in [2.75, 3.05) is 0 Å². The minimum absolute atomic E-state index is 0.175. The summed E-state index contributed by atoms with van der Waals surface area (Å²) in [5, 5.41) is 19.4. The number of carboxylic acid groups (broad SMARTS) is 2. The van der Waals surface area contributed by atoms with Crippen LogP contribution in [0, 0.1) is 0 Å². The fourth-order valence-electron chi connectivity index (χ4n) is 2.16. The molecule has 3 aromatic rings. The number of aromatic amines is 1. The van der Waals surface area contributed by atoms with Crippen molar-refractivity contribution in [3.05, 3.63) is 47.5 Å². The molecule has 0 aliphatic heterocycles. The Morgan fingerprint density at radius 3 is 1.52 bits per heavy atom. The van der Waals surface area contributed by atoms with Gasteiger partial charge in [0.25, 0.3) is 0 Å². The van der Waals surface area contributed by atoms with Crippen LogP contribution < -0.4 is 0 Å². The lowest BCUT2D eigenvalue weighted by Crippen LogP contribution is -1.95. The van der Waals surface area contributed by atoms with Crippen molar-refractivity contribution < 1.29 is 19.8 Å². The van der Waals surface area contributed by atoms with Gasteiger partial charge in [0.05, 0.1) is 11.1 Å². The Morgan fingerprint density at radius 1 is 0.810 bits per heavy atom. The Bertz CT molecular complexity index is 765. The number of aromatic carboxylic acids is 2. The second-order valence-electron chi connectivity index (χ2n) is 4.26. The Kier molecular flexibility index (Phi) is 3.93. The van der Waals surface area contributed by atoms with Gasteiger partial charge in [-0.25, -0.2) is 9.59 Å². The number of hydrogen-bond donors (Lipinski definition) is 3. The molecular weight excluding hydrogens is 270 g/mol. The predicted octanol–water partition coefficient (Wildman–Crippen LogP) is 3.74. The van der Waals surface area contributed by atoms with E-state index in [0.29, 0.717) is 10.8 Å². The molecule has 1 heterocycles. The molecule has 0 spiro atoms. The van der Waals surface area contributed by atoms with E-state index in [9.17, 15) is 9.59 Å². The van der Waals surface area contributed by atoms with Gasteiger partial charge in [-0.3, -0.25) is 0 Å². The number of carboxylic acids is 2. The monoisotopic (exact) mass is 285 g/mol. The first kappa shape index (κ1) is 14.6. The molecule has 2 aromatic carbocycles. The van der Waals surface area contributed by atoms with Gasteiger partial charge in [-0.1, -0.05) is 13.8 Å². The van der Waals surface area contributed by atoms with Crippen LogP contribution >= 0.6 is 0 Å². The zero-order valence-electron chi connectivity index (χ0n) is 11.7. The summed E-state index contributed by atoms with van der Waals surface area (Å²) in [5.41, 5.74) is 1.91. The summed E-state index contributed by atoms with van der Waals surface area (Å²) in [6.45, 7) is 4.00. The maximum absolute atomic E-state index is 11.0. The largest absolute Gasteiger partial charge is 0.478 e. The Morgan fingerprint density at radius 2 is 1.19 bits per heavy atom. The van der Waals surface area contributed by atoms with Crippen molar-refractivity contribution in [3.63, 3.8) is 0 Å². The third-order valence-corrected chi connectivity index (χ3v) is 3.09. The lowest BCUT2D eigenvalue weighted by Gasteiger charge is -1.96. The molecule has 0 saturated heterocycles. The van der Waals surface area contributed by atoms with Gasteiger partial charge in [0.15, 0.2) is 0 Å². The van der Waals surface area contributed by atoms with Crippen LogP contribution in [0.15, 0.2) is 36.4 Å². The number of benzene rings is 2. The quantitative estimate of drug-likeness (QED) is 0.669. The zero-order valence-corrected chi connectivity index (χ0v) is 11.7. The first-order valence-electron chi connectivity index (χ1n) is 6.58. The average Bonchev–Trinajstić information content (AvgIpc) is 2.85. The minimum Gasteiger partial charge on any atom is -0.478 e. The van der Waals surface area contributed by atoms with E-state index >= 15 is 0 Å². The maximum atomic E-state index is 11.0. The highest BCUT2D eigenvalue weighted by atomic mass is 16.4. The molecule has 0 amide bonds. The van der Waals surface area contributed by atoms with Crippen molar-refractivity contribution >= 4 is 33.7 Å². The first-order chi connectivity index (χ1) is 10.1. The van der Waals surface area contributed by atoms with E-state index in [1.54, 1.807) is 24.3 Å². The standard InChI is InChI=1S/C14H9NO4.C2H6/c16-13(17)7-1-3-11-9(5-7)10-6-8(14(18)19)2-4-12(10)15-11;1-2/h1-6,15H,(H,16,17)(H,18,19);1-2H3. The number of hydrogen-bond acceptors (Lipinski definition) is 2. The molecular formula is C16H15NO4. The third-order valence-electron chi connectivity index (χ3n) is 3.09. The molecule has 0 unspecified atom stereocenters. The molecule has 5 nitrogen and oxygen atoms in total. The number of aromatic nitrogens is 1. The van der Waals surface area contributed by atoms with Crippen LogP contribution in [-0.4, -0.2) is 27.1 Å². The van der Waals surface area contributed by atoms with Crippen molar-refractivity contribution in [2.24, 2.45) is 0 Å². The number of rotatable bonds is 2. The van der Waals surface area contributed by atoms with Crippen molar-refractivity contribution in [1.29, 1.82) is 0 Å². The van der Waals surface area contributed by atoms with E-state index in [1.807, 2.05) is 13.8 Å². The number of fused-ring (bicyclic) bond motifs is 3. The molecule has 0 aliphatic rings. The molecule has 3 N–H and O–H groups in total. The summed E-state index contributed by atoms with van der Waals surface area (Å²) in [5.74, 6) is -2.02. The molecule has 0 atom stereocenters. The second-order valence-corrected chi connectivity index (χ2v) is 4.26. The van der Waals surface area contributed by atoms with Gasteiger partial charge in [0, 0.05) is 21.8 Å². The summed E-state index contributed by atoms with van der Waals surface area (Å²) in [6, 6.07) is 9.47. The van der Waals surface area contributed by atoms with Crippen LogP contribution in [0.3, 0.4) is 0 Å². The molecule has 1 aromatic heterocycles. The molecule has 3 rings (SSSR count). The summed E-state index contributed by atoms with van der Waals surface area (Å²) in [4.78, 5) is 25.1. The third kappa shape index (κ3) is 2.58. The predicted molar refractivity (Wildman–Crippen MR) is 81.1 cm³/mol. The highest BCUT2D eigenvalue weighted by Gasteiger charge is 2.10. The highest BCUT2D eigenvalue weighted by molar-refractivity contribution is 6.10. The molecule has 0 fully saturated rings. The number of carbonyl (C=O) groups is 2. The van der Waals surface area contributed by atoms with Crippen LogP contribution in [0.1, 0.15) is 34.6 Å². The van der Waals surface area contributed by atoms with E-state index in [2.05, 4.69) is 4.98 Å². The number of nitrogens with one attached hydrogen (secondary N) is 1. The lowest BCUT2D eigenvalue weighted by atomic mass is 10.1. The molecule has 108 valence electrons.